The Labute approximate surface area is 170 Å². The highest BCUT2D eigenvalue weighted by molar-refractivity contribution is 7.14. The quantitative estimate of drug-likeness (QED) is 0.428. The van der Waals surface area contributed by atoms with Gasteiger partial charge in [0, 0.05) is 24.0 Å². The van der Waals surface area contributed by atoms with E-state index < -0.39 is 23.5 Å². The molecule has 1 heterocycles. The summed E-state index contributed by atoms with van der Waals surface area (Å²) in [6, 6.07) is 15.0. The minimum atomic E-state index is -0.862. The number of nitrogens with zero attached hydrogens (tertiary/aromatic N) is 1. The van der Waals surface area contributed by atoms with E-state index in [4.69, 9.17) is 0 Å². The Balaban J connectivity index is 1.43. The van der Waals surface area contributed by atoms with Gasteiger partial charge in [-0.15, -0.1) is 11.3 Å². The van der Waals surface area contributed by atoms with Crippen molar-refractivity contribution in [2.45, 2.75) is 0 Å². The molecule has 0 radical (unpaired) electrons. The number of amides is 3. The van der Waals surface area contributed by atoms with E-state index in [0.717, 1.165) is 5.56 Å². The number of aromatic nitrogens is 1. The Morgan fingerprint density at radius 2 is 1.59 bits per heavy atom. The maximum Gasteiger partial charge on any atom is 0.315 e. The topological polar surface area (TPSA) is 100 Å². The van der Waals surface area contributed by atoms with Gasteiger partial charge in [0.2, 0.25) is 0 Å². The fraction of sp³-hybridized carbons (Fsp3) is 0.100. The second-order valence-electron chi connectivity index (χ2n) is 5.85. The average Bonchev–Trinajstić information content (AvgIpc) is 3.20. The van der Waals surface area contributed by atoms with E-state index >= 15 is 0 Å². The van der Waals surface area contributed by atoms with Crippen LogP contribution in [-0.4, -0.2) is 35.8 Å². The molecule has 0 saturated heterocycles. The Kier molecular flexibility index (Phi) is 6.64. The molecule has 3 amide bonds. The van der Waals surface area contributed by atoms with Crippen LogP contribution in [0.3, 0.4) is 0 Å². The van der Waals surface area contributed by atoms with Gasteiger partial charge in [0.05, 0.1) is 11.3 Å². The van der Waals surface area contributed by atoms with Crippen LogP contribution in [0.2, 0.25) is 0 Å². The molecule has 0 unspecified atom stereocenters. The fourth-order valence-electron chi connectivity index (χ4n) is 2.40. The molecule has 7 nitrogen and oxygen atoms in total. The molecular weight excluding hydrogens is 395 g/mol. The van der Waals surface area contributed by atoms with Crippen molar-refractivity contribution < 1.29 is 18.8 Å². The van der Waals surface area contributed by atoms with E-state index in [1.807, 2.05) is 30.3 Å². The highest BCUT2D eigenvalue weighted by Gasteiger charge is 2.16. The summed E-state index contributed by atoms with van der Waals surface area (Å²) in [7, 11) is 0. The number of hydrogen-bond donors (Lipinski definition) is 3. The molecule has 0 aliphatic rings. The first-order valence-electron chi connectivity index (χ1n) is 8.67. The van der Waals surface area contributed by atoms with Gasteiger partial charge < -0.3 is 10.6 Å². The summed E-state index contributed by atoms with van der Waals surface area (Å²) in [6.45, 7) is 0.0567. The van der Waals surface area contributed by atoms with Crippen LogP contribution in [0.25, 0.3) is 11.3 Å². The first kappa shape index (κ1) is 20.2. The molecule has 0 saturated carbocycles. The number of halogens is 1. The maximum absolute atomic E-state index is 13.5. The molecule has 29 heavy (non-hydrogen) atoms. The van der Waals surface area contributed by atoms with Crippen LogP contribution in [-0.2, 0) is 9.59 Å². The molecular formula is C20H17FN4O3S. The van der Waals surface area contributed by atoms with Crippen molar-refractivity contribution in [3.8, 4) is 11.3 Å². The van der Waals surface area contributed by atoms with Crippen molar-refractivity contribution in [1.82, 2.24) is 15.6 Å². The van der Waals surface area contributed by atoms with Gasteiger partial charge in [-0.25, -0.2) is 9.37 Å². The van der Waals surface area contributed by atoms with Gasteiger partial charge in [0.1, 0.15) is 5.82 Å². The molecule has 0 bridgehead atoms. The van der Waals surface area contributed by atoms with Crippen molar-refractivity contribution in [2.24, 2.45) is 0 Å². The van der Waals surface area contributed by atoms with E-state index in [1.54, 1.807) is 11.4 Å². The van der Waals surface area contributed by atoms with Crippen molar-refractivity contribution in [3.05, 3.63) is 71.4 Å². The molecule has 0 spiro atoms. The molecule has 0 atom stereocenters. The van der Waals surface area contributed by atoms with Crippen LogP contribution in [0, 0.1) is 5.82 Å². The Morgan fingerprint density at radius 1 is 0.897 bits per heavy atom. The van der Waals surface area contributed by atoms with Crippen LogP contribution in [0.1, 0.15) is 10.4 Å². The van der Waals surface area contributed by atoms with Gasteiger partial charge >= 0.3 is 11.8 Å². The van der Waals surface area contributed by atoms with E-state index in [2.05, 4.69) is 20.9 Å². The van der Waals surface area contributed by atoms with E-state index in [-0.39, 0.29) is 18.7 Å². The summed E-state index contributed by atoms with van der Waals surface area (Å²) in [5, 5.41) is 9.37. The summed E-state index contributed by atoms with van der Waals surface area (Å²) in [4.78, 5) is 40.0. The van der Waals surface area contributed by atoms with Crippen LogP contribution in [0.4, 0.5) is 9.52 Å². The zero-order valence-electron chi connectivity index (χ0n) is 15.1. The summed E-state index contributed by atoms with van der Waals surface area (Å²) in [5.41, 5.74) is 1.51. The van der Waals surface area contributed by atoms with Crippen LogP contribution < -0.4 is 16.0 Å². The largest absolute Gasteiger partial charge is 0.350 e. The second-order valence-corrected chi connectivity index (χ2v) is 6.71. The van der Waals surface area contributed by atoms with Crippen molar-refractivity contribution >= 4 is 34.2 Å². The molecule has 0 aliphatic carbocycles. The maximum atomic E-state index is 13.5. The normalized spacial score (nSPS) is 10.2. The molecule has 2 aromatic carbocycles. The Morgan fingerprint density at radius 3 is 2.34 bits per heavy atom. The van der Waals surface area contributed by atoms with Gasteiger partial charge in [-0.05, 0) is 12.1 Å². The van der Waals surface area contributed by atoms with Gasteiger partial charge in [0.25, 0.3) is 5.91 Å². The van der Waals surface area contributed by atoms with Gasteiger partial charge in [-0.2, -0.15) is 0 Å². The number of carbonyl (C=O) groups excluding carboxylic acids is 3. The lowest BCUT2D eigenvalue weighted by molar-refractivity contribution is -0.136. The second kappa shape index (κ2) is 9.56. The lowest BCUT2D eigenvalue weighted by atomic mass is 10.2. The van der Waals surface area contributed by atoms with Crippen molar-refractivity contribution in [1.29, 1.82) is 0 Å². The van der Waals surface area contributed by atoms with E-state index in [0.29, 0.717) is 10.8 Å². The molecule has 9 heteroatoms. The third kappa shape index (κ3) is 5.45. The molecule has 0 fully saturated rings. The molecule has 0 aliphatic heterocycles. The molecule has 148 valence electrons. The Hall–Kier alpha value is -3.59. The Bertz CT molecular complexity index is 1020. The summed E-state index contributed by atoms with van der Waals surface area (Å²) < 4.78 is 13.5. The SMILES string of the molecule is O=C(NCCNC(=O)c1ccccc1F)C(=O)Nc1nc(-c2ccccc2)cs1. The van der Waals surface area contributed by atoms with E-state index in [1.165, 1.54) is 29.5 Å². The number of thiazole rings is 1. The number of nitrogens with one attached hydrogen (secondary N) is 3. The molecule has 1 aromatic heterocycles. The third-order valence-corrected chi connectivity index (χ3v) is 4.57. The number of benzene rings is 2. The van der Waals surface area contributed by atoms with Crippen LogP contribution >= 0.6 is 11.3 Å². The number of carbonyl (C=O) groups is 3. The predicted molar refractivity (Wildman–Crippen MR) is 108 cm³/mol. The lowest BCUT2D eigenvalue weighted by Gasteiger charge is -2.07. The smallest absolute Gasteiger partial charge is 0.315 e. The fourth-order valence-corrected chi connectivity index (χ4v) is 3.11. The van der Waals surface area contributed by atoms with Crippen LogP contribution in [0.15, 0.2) is 60.0 Å². The zero-order valence-corrected chi connectivity index (χ0v) is 16.0. The predicted octanol–water partition coefficient (Wildman–Crippen LogP) is 2.43. The van der Waals surface area contributed by atoms with Crippen molar-refractivity contribution in [3.63, 3.8) is 0 Å². The number of hydrogen-bond acceptors (Lipinski definition) is 5. The standard InChI is InChI=1S/C20H17FN4O3S/c21-15-9-5-4-8-14(15)17(26)22-10-11-23-18(27)19(28)25-20-24-16(12-29-20)13-6-2-1-3-7-13/h1-9,12H,10-11H2,(H,22,26)(H,23,27)(H,24,25,28). The summed E-state index contributed by atoms with van der Waals surface area (Å²) in [6.07, 6.45) is 0. The highest BCUT2D eigenvalue weighted by atomic mass is 32.1. The number of anilines is 1. The summed E-state index contributed by atoms with van der Waals surface area (Å²) in [5.74, 6) is -2.95. The molecule has 3 N–H and O–H groups in total. The van der Waals surface area contributed by atoms with Gasteiger partial charge in [-0.3, -0.25) is 19.7 Å². The monoisotopic (exact) mass is 412 g/mol. The van der Waals surface area contributed by atoms with E-state index in [9.17, 15) is 18.8 Å². The van der Waals surface area contributed by atoms with Gasteiger partial charge in [0.15, 0.2) is 5.13 Å². The van der Waals surface area contributed by atoms with Crippen LogP contribution in [0.5, 0.6) is 0 Å². The first-order valence-corrected chi connectivity index (χ1v) is 9.55. The van der Waals surface area contributed by atoms with Crippen molar-refractivity contribution in [2.75, 3.05) is 18.4 Å². The minimum absolute atomic E-state index is 0.0135. The number of rotatable bonds is 6. The van der Waals surface area contributed by atoms with Gasteiger partial charge in [-0.1, -0.05) is 42.5 Å². The lowest BCUT2D eigenvalue weighted by Crippen LogP contribution is -2.40. The molecule has 3 aromatic rings. The highest BCUT2D eigenvalue weighted by Crippen LogP contribution is 2.24. The zero-order chi connectivity index (χ0) is 20.6. The minimum Gasteiger partial charge on any atom is -0.350 e. The summed E-state index contributed by atoms with van der Waals surface area (Å²) >= 11 is 1.21. The molecule has 3 rings (SSSR count). The first-order chi connectivity index (χ1) is 14.0. The average molecular weight is 412 g/mol. The third-order valence-electron chi connectivity index (χ3n) is 3.82.